The number of hydrogen-bond acceptors (Lipinski definition) is 3. The number of nitriles is 1. The predicted octanol–water partition coefficient (Wildman–Crippen LogP) is 6.69. The van der Waals surface area contributed by atoms with Crippen LogP contribution in [0, 0.1) is 22.2 Å². The van der Waals surface area contributed by atoms with Crippen LogP contribution in [0.25, 0.3) is 10.8 Å². The summed E-state index contributed by atoms with van der Waals surface area (Å²) in [5, 5.41) is 22.2. The number of nitrogens with zero attached hydrogens (tertiary/aromatic N) is 2. The van der Waals surface area contributed by atoms with Crippen LogP contribution in [-0.4, -0.2) is 15.8 Å². The monoisotopic (exact) mass is 472 g/mol. The molecule has 29 heavy (non-hydrogen) atoms. The quantitative estimate of drug-likeness (QED) is 0.461. The molecular formula is C23H22BrClN2O2. The Morgan fingerprint density at radius 2 is 1.83 bits per heavy atom. The summed E-state index contributed by atoms with van der Waals surface area (Å²) in [7, 11) is 0. The molecule has 0 amide bonds. The Balaban J connectivity index is 1.69. The van der Waals surface area contributed by atoms with E-state index in [1.807, 2.05) is 29.0 Å². The maximum atomic E-state index is 10.9. The van der Waals surface area contributed by atoms with Gasteiger partial charge in [0.25, 0.3) is 0 Å². The Morgan fingerprint density at radius 3 is 2.45 bits per heavy atom. The molecule has 0 atom stereocenters. The van der Waals surface area contributed by atoms with E-state index in [-0.39, 0.29) is 28.9 Å². The molecule has 4 nitrogen and oxygen atoms in total. The molecule has 1 aliphatic rings. The molecule has 0 bridgehead atoms. The smallest absolute Gasteiger partial charge is 0.199 e. The molecule has 1 aliphatic carbocycles. The summed E-state index contributed by atoms with van der Waals surface area (Å²) in [5.74, 6) is 0.919. The predicted molar refractivity (Wildman–Crippen MR) is 118 cm³/mol. The van der Waals surface area contributed by atoms with Crippen molar-refractivity contribution in [1.82, 2.24) is 4.57 Å². The first-order valence-corrected chi connectivity index (χ1v) is 10.6. The van der Waals surface area contributed by atoms with Gasteiger partial charge in [0.15, 0.2) is 5.88 Å². The van der Waals surface area contributed by atoms with Gasteiger partial charge in [0.2, 0.25) is 0 Å². The van der Waals surface area contributed by atoms with Gasteiger partial charge in [0, 0.05) is 38.3 Å². The fourth-order valence-electron chi connectivity index (χ4n) is 5.32. The van der Waals surface area contributed by atoms with Crippen LogP contribution in [0.15, 0.2) is 47.1 Å². The first-order valence-electron chi connectivity index (χ1n) is 9.42. The topological polar surface area (TPSA) is 58.2 Å². The Kier molecular flexibility index (Phi) is 4.64. The molecule has 3 aromatic rings. The first kappa shape index (κ1) is 20.1. The van der Waals surface area contributed by atoms with Gasteiger partial charge < -0.3 is 14.4 Å². The molecule has 0 unspecified atom stereocenters. The third-order valence-electron chi connectivity index (χ3n) is 6.13. The highest BCUT2D eigenvalue weighted by Crippen LogP contribution is 2.64. The highest BCUT2D eigenvalue weighted by Gasteiger charge is 2.64. The van der Waals surface area contributed by atoms with E-state index in [1.54, 1.807) is 18.2 Å². The van der Waals surface area contributed by atoms with Gasteiger partial charge in [0.05, 0.1) is 16.6 Å². The minimum absolute atomic E-state index is 0.0417. The molecule has 2 aromatic carbocycles. The Hall–Kier alpha value is -2.16. The standard InChI is InChI=1S/C23H22BrClN2O2/c1-22(2)20(27-12-14-9-15(24)6-8-17(14)19(27)28)23(3,4)21(22)29-16-7-5-13(11-26)18(25)10-16/h5-10,12,20-21,28H,1-4H3. The van der Waals surface area contributed by atoms with Crippen LogP contribution in [0.3, 0.4) is 0 Å². The highest BCUT2D eigenvalue weighted by atomic mass is 79.9. The first-order chi connectivity index (χ1) is 13.6. The van der Waals surface area contributed by atoms with Gasteiger partial charge in [-0.2, -0.15) is 5.26 Å². The summed E-state index contributed by atoms with van der Waals surface area (Å²) >= 11 is 9.68. The molecule has 0 radical (unpaired) electrons. The largest absolute Gasteiger partial charge is 0.494 e. The van der Waals surface area contributed by atoms with Gasteiger partial charge in [-0.1, -0.05) is 55.2 Å². The molecule has 4 rings (SSSR count). The maximum Gasteiger partial charge on any atom is 0.199 e. The van der Waals surface area contributed by atoms with E-state index in [2.05, 4.69) is 49.7 Å². The molecule has 6 heteroatoms. The number of benzene rings is 2. The molecule has 0 aliphatic heterocycles. The van der Waals surface area contributed by atoms with Crippen molar-refractivity contribution in [3.63, 3.8) is 0 Å². The second-order valence-corrected chi connectivity index (χ2v) is 10.2. The summed E-state index contributed by atoms with van der Waals surface area (Å²) in [4.78, 5) is 0. The van der Waals surface area contributed by atoms with Crippen molar-refractivity contribution in [2.75, 3.05) is 0 Å². The van der Waals surface area contributed by atoms with Crippen molar-refractivity contribution in [2.45, 2.75) is 39.8 Å². The lowest BCUT2D eigenvalue weighted by Crippen LogP contribution is -2.66. The summed E-state index contributed by atoms with van der Waals surface area (Å²) in [5.41, 5.74) is -0.0551. The van der Waals surface area contributed by atoms with Crippen molar-refractivity contribution in [3.05, 3.63) is 57.7 Å². The van der Waals surface area contributed by atoms with Crippen LogP contribution >= 0.6 is 27.5 Å². The second kappa shape index (κ2) is 6.68. The van der Waals surface area contributed by atoms with Crippen LogP contribution in [0.5, 0.6) is 11.6 Å². The number of rotatable bonds is 3. The zero-order chi connectivity index (χ0) is 21.1. The second-order valence-electron chi connectivity index (χ2n) is 8.89. The maximum absolute atomic E-state index is 10.9. The highest BCUT2D eigenvalue weighted by molar-refractivity contribution is 9.10. The number of aromatic nitrogens is 1. The summed E-state index contributed by atoms with van der Waals surface area (Å²) in [6.07, 6.45) is 1.92. The molecule has 1 heterocycles. The molecule has 0 spiro atoms. The van der Waals surface area contributed by atoms with E-state index in [0.29, 0.717) is 16.3 Å². The van der Waals surface area contributed by atoms with E-state index in [0.717, 1.165) is 15.2 Å². The molecule has 1 aromatic heterocycles. The van der Waals surface area contributed by atoms with Gasteiger partial charge >= 0.3 is 0 Å². The zero-order valence-electron chi connectivity index (χ0n) is 16.7. The van der Waals surface area contributed by atoms with Crippen molar-refractivity contribution in [1.29, 1.82) is 5.26 Å². The lowest BCUT2D eigenvalue weighted by atomic mass is 9.49. The summed E-state index contributed by atoms with van der Waals surface area (Å²) < 4.78 is 9.30. The third-order valence-corrected chi connectivity index (χ3v) is 6.94. The number of fused-ring (bicyclic) bond motifs is 1. The average molecular weight is 474 g/mol. The fourth-order valence-corrected chi connectivity index (χ4v) is 5.91. The van der Waals surface area contributed by atoms with Crippen LogP contribution in [-0.2, 0) is 0 Å². The van der Waals surface area contributed by atoms with Gasteiger partial charge in [0.1, 0.15) is 17.9 Å². The Morgan fingerprint density at radius 1 is 1.14 bits per heavy atom. The lowest BCUT2D eigenvalue weighted by Gasteiger charge is -2.63. The molecule has 1 fully saturated rings. The summed E-state index contributed by atoms with van der Waals surface area (Å²) in [6.45, 7) is 8.61. The van der Waals surface area contributed by atoms with Gasteiger partial charge in [-0.3, -0.25) is 0 Å². The fraction of sp³-hybridized carbons (Fsp3) is 0.348. The number of aromatic hydroxyl groups is 1. The molecule has 0 saturated heterocycles. The number of ether oxygens (including phenoxy) is 1. The van der Waals surface area contributed by atoms with E-state index >= 15 is 0 Å². The van der Waals surface area contributed by atoms with Crippen LogP contribution in [0.1, 0.15) is 39.3 Å². The normalized spacial score (nSPS) is 22.1. The molecule has 150 valence electrons. The van der Waals surface area contributed by atoms with Gasteiger partial charge in [-0.05, 0) is 30.3 Å². The molecule has 1 N–H and O–H groups in total. The van der Waals surface area contributed by atoms with Crippen molar-refractivity contribution in [2.24, 2.45) is 10.8 Å². The van der Waals surface area contributed by atoms with Crippen molar-refractivity contribution in [3.8, 4) is 17.7 Å². The lowest BCUT2D eigenvalue weighted by molar-refractivity contribution is -0.188. The Bertz CT molecular complexity index is 1140. The van der Waals surface area contributed by atoms with E-state index in [1.165, 1.54) is 0 Å². The Labute approximate surface area is 183 Å². The zero-order valence-corrected chi connectivity index (χ0v) is 19.0. The van der Waals surface area contributed by atoms with Crippen LogP contribution < -0.4 is 4.74 Å². The van der Waals surface area contributed by atoms with E-state index in [4.69, 9.17) is 21.6 Å². The van der Waals surface area contributed by atoms with Crippen LogP contribution in [0.2, 0.25) is 5.02 Å². The third kappa shape index (κ3) is 3.01. The number of hydrogen-bond donors (Lipinski definition) is 1. The van der Waals surface area contributed by atoms with E-state index < -0.39 is 0 Å². The SMILES string of the molecule is CC1(C)C(Oc2ccc(C#N)c(Cl)c2)C(C)(C)C1n1cc2cc(Br)ccc2c1O. The van der Waals surface area contributed by atoms with Crippen LogP contribution in [0.4, 0.5) is 0 Å². The van der Waals surface area contributed by atoms with Crippen molar-refractivity contribution >= 4 is 38.3 Å². The van der Waals surface area contributed by atoms with Gasteiger partial charge in [-0.25, -0.2) is 0 Å². The minimum Gasteiger partial charge on any atom is -0.494 e. The van der Waals surface area contributed by atoms with Crippen molar-refractivity contribution < 1.29 is 9.84 Å². The van der Waals surface area contributed by atoms with E-state index in [9.17, 15) is 5.11 Å². The van der Waals surface area contributed by atoms with Gasteiger partial charge in [-0.15, -0.1) is 0 Å². The minimum atomic E-state index is -0.242. The summed E-state index contributed by atoms with van der Waals surface area (Å²) in [6, 6.07) is 13.1. The molecule has 1 saturated carbocycles. The molecular weight excluding hydrogens is 452 g/mol. The average Bonchev–Trinajstić information content (AvgIpc) is 2.94. The number of halogens is 2.